The number of carbonyl (C=O) groups excluding carboxylic acids is 1. The number of ether oxygens (including phenoxy) is 1. The van der Waals surface area contributed by atoms with Crippen molar-refractivity contribution in [2.75, 3.05) is 0 Å². The minimum atomic E-state index is -0.255. The molecular formula is C18H12O2. The summed E-state index contributed by atoms with van der Waals surface area (Å²) in [5.41, 5.74) is 5.80. The summed E-state index contributed by atoms with van der Waals surface area (Å²) in [6, 6.07) is 17.8. The summed E-state index contributed by atoms with van der Waals surface area (Å²) in [7, 11) is 0. The molecule has 0 saturated carbocycles. The van der Waals surface area contributed by atoms with Crippen LogP contribution in [0.1, 0.15) is 23.6 Å². The molecule has 0 radical (unpaired) electrons. The van der Waals surface area contributed by atoms with E-state index >= 15 is 0 Å². The van der Waals surface area contributed by atoms with Gasteiger partial charge in [-0.1, -0.05) is 54.6 Å². The number of allylic oxidation sites excluding steroid dienone is 2. The Labute approximate surface area is 117 Å². The maximum absolute atomic E-state index is 12.2. The Morgan fingerprint density at radius 2 is 1.45 bits per heavy atom. The van der Waals surface area contributed by atoms with E-state index in [1.165, 1.54) is 0 Å². The van der Waals surface area contributed by atoms with Crippen LogP contribution >= 0.6 is 0 Å². The van der Waals surface area contributed by atoms with Crippen LogP contribution in [0.25, 0.3) is 16.7 Å². The smallest absolute Gasteiger partial charge is 0.344 e. The van der Waals surface area contributed by atoms with Gasteiger partial charge in [-0.3, -0.25) is 0 Å². The molecule has 0 unspecified atom stereocenters. The Balaban J connectivity index is 2.06. The highest BCUT2D eigenvalue weighted by Gasteiger charge is 2.38. The monoisotopic (exact) mass is 260 g/mol. The Morgan fingerprint density at radius 1 is 0.800 bits per heavy atom. The van der Waals surface area contributed by atoms with Gasteiger partial charge in [0, 0.05) is 11.1 Å². The van der Waals surface area contributed by atoms with Crippen LogP contribution < -0.4 is 0 Å². The highest BCUT2D eigenvalue weighted by molar-refractivity contribution is 6.33. The zero-order chi connectivity index (χ0) is 13.7. The fourth-order valence-corrected chi connectivity index (χ4v) is 2.95. The first-order valence-electron chi connectivity index (χ1n) is 6.60. The first-order valence-corrected chi connectivity index (χ1v) is 6.60. The van der Waals surface area contributed by atoms with Crippen LogP contribution in [-0.4, -0.2) is 5.97 Å². The third-order valence-corrected chi connectivity index (χ3v) is 3.88. The zero-order valence-electron chi connectivity index (χ0n) is 11.0. The molecule has 0 saturated heterocycles. The van der Waals surface area contributed by atoms with Gasteiger partial charge in [-0.15, -0.1) is 0 Å². The van der Waals surface area contributed by atoms with Gasteiger partial charge >= 0.3 is 5.97 Å². The standard InChI is InChI=1S/C18H12O2/c1-11-13-9-5-6-10-14(13)16-15(18(19)20-17(11)16)12-7-3-2-4-8-12/h2-10H,1H3. The van der Waals surface area contributed by atoms with E-state index in [1.807, 2.05) is 55.5 Å². The Bertz CT molecular complexity index is 795. The van der Waals surface area contributed by atoms with Crippen LogP contribution in [0.5, 0.6) is 0 Å². The molecule has 0 atom stereocenters. The van der Waals surface area contributed by atoms with Gasteiger partial charge in [0.15, 0.2) is 0 Å². The number of rotatable bonds is 1. The van der Waals surface area contributed by atoms with Crippen molar-refractivity contribution in [2.45, 2.75) is 6.92 Å². The predicted octanol–water partition coefficient (Wildman–Crippen LogP) is 3.90. The van der Waals surface area contributed by atoms with E-state index in [0.29, 0.717) is 5.57 Å². The average Bonchev–Trinajstić information content (AvgIpc) is 2.96. The highest BCUT2D eigenvalue weighted by atomic mass is 16.5. The lowest BCUT2D eigenvalue weighted by Gasteiger charge is -2.04. The number of esters is 1. The van der Waals surface area contributed by atoms with Crippen molar-refractivity contribution in [2.24, 2.45) is 0 Å². The molecule has 1 aliphatic heterocycles. The summed E-state index contributed by atoms with van der Waals surface area (Å²) in [5.74, 6) is 0.463. The zero-order valence-corrected chi connectivity index (χ0v) is 11.0. The van der Waals surface area contributed by atoms with Crippen molar-refractivity contribution < 1.29 is 9.53 Å². The van der Waals surface area contributed by atoms with E-state index in [0.717, 1.165) is 33.6 Å². The highest BCUT2D eigenvalue weighted by Crippen LogP contribution is 2.49. The molecular weight excluding hydrogens is 248 g/mol. The molecule has 2 heteroatoms. The van der Waals surface area contributed by atoms with Crippen molar-refractivity contribution in [3.63, 3.8) is 0 Å². The van der Waals surface area contributed by atoms with E-state index in [2.05, 4.69) is 6.07 Å². The third kappa shape index (κ3) is 1.36. The van der Waals surface area contributed by atoms with Crippen LogP contribution in [0.2, 0.25) is 0 Å². The summed E-state index contributed by atoms with van der Waals surface area (Å²) < 4.78 is 5.51. The average molecular weight is 260 g/mol. The van der Waals surface area contributed by atoms with Gasteiger partial charge in [-0.05, 0) is 23.6 Å². The molecule has 0 N–H and O–H groups in total. The van der Waals surface area contributed by atoms with Crippen molar-refractivity contribution >= 4 is 22.7 Å². The van der Waals surface area contributed by atoms with Crippen LogP contribution in [0.15, 0.2) is 60.4 Å². The number of hydrogen-bond acceptors (Lipinski definition) is 2. The van der Waals surface area contributed by atoms with Crippen LogP contribution in [-0.2, 0) is 9.53 Å². The molecule has 0 spiro atoms. The molecule has 0 amide bonds. The van der Waals surface area contributed by atoms with Gasteiger partial charge in [0.2, 0.25) is 0 Å². The number of benzene rings is 2. The molecule has 2 aromatic carbocycles. The lowest BCUT2D eigenvalue weighted by Crippen LogP contribution is -1.99. The van der Waals surface area contributed by atoms with Crippen molar-refractivity contribution in [1.29, 1.82) is 0 Å². The van der Waals surface area contributed by atoms with E-state index < -0.39 is 0 Å². The normalized spacial score (nSPS) is 16.4. The minimum absolute atomic E-state index is 0.255. The molecule has 2 aliphatic rings. The molecule has 0 aromatic heterocycles. The summed E-state index contributed by atoms with van der Waals surface area (Å²) in [6.07, 6.45) is 0. The SMILES string of the molecule is CC1=C2OC(=O)C(c3ccccc3)=C2c2ccccc21. The second-order valence-electron chi connectivity index (χ2n) is 5.01. The minimum Gasteiger partial charge on any atom is -0.422 e. The second-order valence-corrected chi connectivity index (χ2v) is 5.01. The van der Waals surface area contributed by atoms with Gasteiger partial charge in [0.25, 0.3) is 0 Å². The molecule has 96 valence electrons. The lowest BCUT2D eigenvalue weighted by atomic mass is 9.96. The van der Waals surface area contributed by atoms with Crippen molar-refractivity contribution in [3.05, 3.63) is 77.0 Å². The van der Waals surface area contributed by atoms with Gasteiger partial charge in [0.05, 0.1) is 5.57 Å². The molecule has 1 heterocycles. The lowest BCUT2D eigenvalue weighted by molar-refractivity contribution is -0.131. The molecule has 2 nitrogen and oxygen atoms in total. The van der Waals surface area contributed by atoms with Gasteiger partial charge in [0.1, 0.15) is 5.76 Å². The van der Waals surface area contributed by atoms with E-state index in [1.54, 1.807) is 0 Å². The number of carbonyl (C=O) groups is 1. The topological polar surface area (TPSA) is 26.3 Å². The molecule has 2 aromatic rings. The van der Waals surface area contributed by atoms with E-state index in [-0.39, 0.29) is 5.97 Å². The van der Waals surface area contributed by atoms with Crippen molar-refractivity contribution in [3.8, 4) is 0 Å². The summed E-state index contributed by atoms with van der Waals surface area (Å²) in [4.78, 5) is 12.2. The maximum atomic E-state index is 12.2. The van der Waals surface area contributed by atoms with Gasteiger partial charge in [-0.25, -0.2) is 4.79 Å². The first-order chi connectivity index (χ1) is 9.77. The van der Waals surface area contributed by atoms with E-state index in [4.69, 9.17) is 4.74 Å². The van der Waals surface area contributed by atoms with Crippen LogP contribution in [0.4, 0.5) is 0 Å². The van der Waals surface area contributed by atoms with Crippen LogP contribution in [0, 0.1) is 0 Å². The van der Waals surface area contributed by atoms with Gasteiger partial charge < -0.3 is 4.74 Å². The third-order valence-electron chi connectivity index (χ3n) is 3.88. The fourth-order valence-electron chi connectivity index (χ4n) is 2.95. The number of hydrogen-bond donors (Lipinski definition) is 0. The quantitative estimate of drug-likeness (QED) is 0.727. The van der Waals surface area contributed by atoms with Crippen LogP contribution in [0.3, 0.4) is 0 Å². The summed E-state index contributed by atoms with van der Waals surface area (Å²) in [6.45, 7) is 2.00. The molecule has 1 aliphatic carbocycles. The van der Waals surface area contributed by atoms with Crippen molar-refractivity contribution in [1.82, 2.24) is 0 Å². The first kappa shape index (κ1) is 11.2. The molecule has 4 rings (SSSR count). The second kappa shape index (κ2) is 3.94. The fraction of sp³-hybridized carbons (Fsp3) is 0.0556. The Hall–Kier alpha value is -2.61. The number of fused-ring (bicyclic) bond motifs is 3. The summed E-state index contributed by atoms with van der Waals surface area (Å²) in [5, 5.41) is 0. The molecule has 0 fully saturated rings. The van der Waals surface area contributed by atoms with E-state index in [9.17, 15) is 4.79 Å². The molecule has 20 heavy (non-hydrogen) atoms. The maximum Gasteiger partial charge on any atom is 0.344 e. The summed E-state index contributed by atoms with van der Waals surface area (Å²) >= 11 is 0. The predicted molar refractivity (Wildman–Crippen MR) is 78.4 cm³/mol. The Kier molecular flexibility index (Phi) is 2.21. The largest absolute Gasteiger partial charge is 0.422 e. The van der Waals surface area contributed by atoms with Gasteiger partial charge in [-0.2, -0.15) is 0 Å². The molecule has 0 bridgehead atoms. The Morgan fingerprint density at radius 3 is 2.20 bits per heavy atom.